The lowest BCUT2D eigenvalue weighted by molar-refractivity contribution is 0.405. The van der Waals surface area contributed by atoms with Gasteiger partial charge in [-0.1, -0.05) is 17.7 Å². The molecule has 1 aromatic rings. The van der Waals surface area contributed by atoms with Crippen LogP contribution in [0.5, 0.6) is 5.75 Å². The monoisotopic (exact) mass is 414 g/mol. The highest BCUT2D eigenvalue weighted by molar-refractivity contribution is 7.99. The number of aliphatic imine (C=N–C) groups is 1. The minimum atomic E-state index is -3.23. The molecule has 27 heavy (non-hydrogen) atoms. The number of ether oxygens (including phenoxy) is 1. The van der Waals surface area contributed by atoms with Crippen LogP contribution in [0.1, 0.15) is 24.1 Å². The molecule has 0 radical (unpaired) electrons. The van der Waals surface area contributed by atoms with E-state index in [2.05, 4.69) is 21.7 Å². The summed E-state index contributed by atoms with van der Waals surface area (Å²) >= 11 is 1.79. The van der Waals surface area contributed by atoms with Crippen molar-refractivity contribution in [2.45, 2.75) is 19.9 Å². The highest BCUT2D eigenvalue weighted by Gasteiger charge is 2.23. The number of benzene rings is 1. The Balaban J connectivity index is 1.91. The van der Waals surface area contributed by atoms with Gasteiger partial charge in [-0.3, -0.25) is 4.99 Å². The molecule has 1 aromatic carbocycles. The van der Waals surface area contributed by atoms with Gasteiger partial charge in [0.15, 0.2) is 5.96 Å². The summed E-state index contributed by atoms with van der Waals surface area (Å²) in [7, 11) is 0.0938. The van der Waals surface area contributed by atoms with Gasteiger partial charge < -0.3 is 15.4 Å². The molecule has 1 atom stereocenters. The molecule has 1 saturated heterocycles. The Morgan fingerprint density at radius 3 is 2.70 bits per heavy atom. The third-order valence-electron chi connectivity index (χ3n) is 4.44. The smallest absolute Gasteiger partial charge is 0.215 e. The first-order valence-corrected chi connectivity index (χ1v) is 11.8. The van der Waals surface area contributed by atoms with Gasteiger partial charge in [-0.05, 0) is 19.9 Å². The lowest BCUT2D eigenvalue weighted by Crippen LogP contribution is -2.44. The summed E-state index contributed by atoms with van der Waals surface area (Å²) in [5.74, 6) is 3.16. The van der Waals surface area contributed by atoms with Gasteiger partial charge in [0.1, 0.15) is 5.75 Å². The normalized spacial score (nSPS) is 17.4. The SMILES string of the molecule is CN=C(NCCS(=O)(=O)N1CCSCC1)NC(C)c1cc(C)ccc1OC. The van der Waals surface area contributed by atoms with E-state index < -0.39 is 10.0 Å². The fraction of sp³-hybridized carbons (Fsp3) is 0.611. The van der Waals surface area contributed by atoms with Crippen LogP contribution in [-0.4, -0.2) is 69.7 Å². The first-order valence-electron chi connectivity index (χ1n) is 9.04. The Morgan fingerprint density at radius 1 is 1.37 bits per heavy atom. The van der Waals surface area contributed by atoms with Crippen molar-refractivity contribution in [1.82, 2.24) is 14.9 Å². The third kappa shape index (κ3) is 6.29. The molecule has 0 saturated carbocycles. The molecule has 0 spiro atoms. The predicted molar refractivity (Wildman–Crippen MR) is 113 cm³/mol. The zero-order valence-corrected chi connectivity index (χ0v) is 18.1. The number of rotatable bonds is 7. The summed E-state index contributed by atoms with van der Waals surface area (Å²) in [6.45, 7) is 5.57. The van der Waals surface area contributed by atoms with Crippen LogP contribution in [0.4, 0.5) is 0 Å². The third-order valence-corrected chi connectivity index (χ3v) is 7.26. The zero-order chi connectivity index (χ0) is 19.9. The van der Waals surface area contributed by atoms with E-state index in [0.717, 1.165) is 28.4 Å². The molecule has 1 aliphatic rings. The van der Waals surface area contributed by atoms with Gasteiger partial charge in [0.2, 0.25) is 10.0 Å². The minimum absolute atomic E-state index is 0.0400. The molecular weight excluding hydrogens is 384 g/mol. The second-order valence-electron chi connectivity index (χ2n) is 6.44. The molecule has 1 unspecified atom stereocenters. The molecule has 2 rings (SSSR count). The van der Waals surface area contributed by atoms with Crippen LogP contribution in [-0.2, 0) is 10.0 Å². The second kappa shape index (κ2) is 10.2. The minimum Gasteiger partial charge on any atom is -0.496 e. The van der Waals surface area contributed by atoms with Gasteiger partial charge in [0.05, 0.1) is 18.9 Å². The number of hydrogen-bond acceptors (Lipinski definition) is 5. The van der Waals surface area contributed by atoms with Gasteiger partial charge in [0, 0.05) is 43.8 Å². The molecule has 2 N–H and O–H groups in total. The molecule has 0 amide bonds. The molecule has 7 nitrogen and oxygen atoms in total. The Morgan fingerprint density at radius 2 is 2.07 bits per heavy atom. The first kappa shape index (κ1) is 21.8. The Kier molecular flexibility index (Phi) is 8.25. The van der Waals surface area contributed by atoms with Crippen molar-refractivity contribution in [2.24, 2.45) is 4.99 Å². The van der Waals surface area contributed by atoms with E-state index in [0.29, 0.717) is 25.6 Å². The number of thioether (sulfide) groups is 1. The van der Waals surface area contributed by atoms with Crippen molar-refractivity contribution in [1.29, 1.82) is 0 Å². The molecule has 9 heteroatoms. The van der Waals surface area contributed by atoms with Gasteiger partial charge >= 0.3 is 0 Å². The predicted octanol–water partition coefficient (Wildman–Crippen LogP) is 1.61. The van der Waals surface area contributed by atoms with E-state index in [1.165, 1.54) is 0 Å². The van der Waals surface area contributed by atoms with Gasteiger partial charge in [-0.15, -0.1) is 0 Å². The van der Waals surface area contributed by atoms with Crippen LogP contribution in [0.15, 0.2) is 23.2 Å². The fourth-order valence-corrected chi connectivity index (χ4v) is 5.41. The Hall–Kier alpha value is -1.45. The largest absolute Gasteiger partial charge is 0.496 e. The summed E-state index contributed by atoms with van der Waals surface area (Å²) in [5.41, 5.74) is 2.17. The summed E-state index contributed by atoms with van der Waals surface area (Å²) in [6, 6.07) is 5.98. The van der Waals surface area contributed by atoms with Gasteiger partial charge in [-0.25, -0.2) is 12.7 Å². The highest BCUT2D eigenvalue weighted by Crippen LogP contribution is 2.25. The standard InChI is InChI=1S/C18H30N4O3S2/c1-14-5-6-17(25-4)16(13-14)15(2)21-18(19-3)20-7-12-27(23,24)22-8-10-26-11-9-22/h5-6,13,15H,7-12H2,1-4H3,(H2,19,20,21). The van der Waals surface area contributed by atoms with E-state index in [-0.39, 0.29) is 11.8 Å². The zero-order valence-electron chi connectivity index (χ0n) is 16.5. The van der Waals surface area contributed by atoms with Crippen LogP contribution in [0, 0.1) is 6.92 Å². The average Bonchev–Trinajstić information content (AvgIpc) is 2.67. The van der Waals surface area contributed by atoms with Crippen molar-refractivity contribution < 1.29 is 13.2 Å². The van der Waals surface area contributed by atoms with Crippen LogP contribution in [0.3, 0.4) is 0 Å². The number of sulfonamides is 1. The number of methoxy groups -OCH3 is 1. The first-order chi connectivity index (χ1) is 12.9. The van der Waals surface area contributed by atoms with E-state index >= 15 is 0 Å². The van der Waals surface area contributed by atoms with E-state index in [4.69, 9.17) is 4.74 Å². The van der Waals surface area contributed by atoms with Crippen molar-refractivity contribution in [3.8, 4) is 5.75 Å². The van der Waals surface area contributed by atoms with Crippen molar-refractivity contribution in [3.05, 3.63) is 29.3 Å². The Bertz CT molecular complexity index is 747. The maximum absolute atomic E-state index is 12.4. The molecule has 0 aromatic heterocycles. The number of hydrogen-bond donors (Lipinski definition) is 2. The maximum Gasteiger partial charge on any atom is 0.215 e. The number of nitrogens with one attached hydrogen (secondary N) is 2. The molecule has 1 heterocycles. The molecular formula is C18H30N4O3S2. The van der Waals surface area contributed by atoms with Gasteiger partial charge in [-0.2, -0.15) is 11.8 Å². The van der Waals surface area contributed by atoms with Crippen molar-refractivity contribution >= 4 is 27.7 Å². The van der Waals surface area contributed by atoms with Crippen molar-refractivity contribution in [2.75, 3.05) is 51.1 Å². The Labute approximate surface area is 167 Å². The number of aryl methyl sites for hydroxylation is 1. The van der Waals surface area contributed by atoms with Crippen LogP contribution >= 0.6 is 11.8 Å². The summed E-state index contributed by atoms with van der Waals surface area (Å²) < 4.78 is 31.9. The fourth-order valence-electron chi connectivity index (χ4n) is 2.92. The molecule has 1 fully saturated rings. The van der Waals surface area contributed by atoms with Crippen LogP contribution in [0.25, 0.3) is 0 Å². The molecule has 0 aliphatic carbocycles. The molecule has 0 bridgehead atoms. The highest BCUT2D eigenvalue weighted by atomic mass is 32.2. The van der Waals surface area contributed by atoms with Crippen LogP contribution in [0.2, 0.25) is 0 Å². The topological polar surface area (TPSA) is 83.0 Å². The van der Waals surface area contributed by atoms with E-state index in [9.17, 15) is 8.42 Å². The van der Waals surface area contributed by atoms with Crippen molar-refractivity contribution in [3.63, 3.8) is 0 Å². The number of nitrogens with zero attached hydrogens (tertiary/aromatic N) is 2. The lowest BCUT2D eigenvalue weighted by Gasteiger charge is -2.26. The van der Waals surface area contributed by atoms with E-state index in [1.807, 2.05) is 26.0 Å². The molecule has 152 valence electrons. The number of guanidine groups is 1. The van der Waals surface area contributed by atoms with Crippen LogP contribution < -0.4 is 15.4 Å². The van der Waals surface area contributed by atoms with E-state index in [1.54, 1.807) is 30.2 Å². The summed E-state index contributed by atoms with van der Waals surface area (Å²) in [5, 5.41) is 6.40. The second-order valence-corrected chi connectivity index (χ2v) is 9.75. The van der Waals surface area contributed by atoms with Gasteiger partial charge in [0.25, 0.3) is 0 Å². The lowest BCUT2D eigenvalue weighted by atomic mass is 10.0. The summed E-state index contributed by atoms with van der Waals surface area (Å²) in [4.78, 5) is 4.21. The average molecular weight is 415 g/mol. The molecule has 1 aliphatic heterocycles. The summed E-state index contributed by atoms with van der Waals surface area (Å²) in [6.07, 6.45) is 0. The quantitative estimate of drug-likeness (QED) is 0.521. The maximum atomic E-state index is 12.4.